The highest BCUT2D eigenvalue weighted by Crippen LogP contribution is 2.52. The fourth-order valence-electron chi connectivity index (χ4n) is 3.29. The first kappa shape index (κ1) is 14.8. The third-order valence-corrected chi connectivity index (χ3v) is 4.97. The second-order valence-electron chi connectivity index (χ2n) is 6.55. The second kappa shape index (κ2) is 5.67. The molecule has 2 aromatic heterocycles. The van der Waals surface area contributed by atoms with Crippen LogP contribution in [0.4, 0.5) is 8.78 Å². The molecule has 0 radical (unpaired) electrons. The van der Waals surface area contributed by atoms with Crippen LogP contribution >= 0.6 is 0 Å². The molecule has 0 amide bonds. The summed E-state index contributed by atoms with van der Waals surface area (Å²) >= 11 is 0. The van der Waals surface area contributed by atoms with Gasteiger partial charge in [-0.2, -0.15) is 5.10 Å². The average molecular weight is 318 g/mol. The van der Waals surface area contributed by atoms with Gasteiger partial charge in [-0.3, -0.25) is 9.67 Å². The number of nitrogens with one attached hydrogen (secondary N) is 1. The number of hydrogen-bond acceptors (Lipinski definition) is 3. The molecule has 2 aliphatic carbocycles. The van der Waals surface area contributed by atoms with Crippen molar-refractivity contribution in [3.8, 4) is 0 Å². The zero-order valence-corrected chi connectivity index (χ0v) is 12.8. The molecule has 122 valence electrons. The van der Waals surface area contributed by atoms with Gasteiger partial charge in [0, 0.05) is 25.4 Å². The minimum Gasteiger partial charge on any atom is -0.303 e. The number of alkyl halides is 2. The zero-order chi connectivity index (χ0) is 15.9. The molecule has 2 unspecified atom stereocenters. The zero-order valence-electron chi connectivity index (χ0n) is 12.8. The van der Waals surface area contributed by atoms with E-state index in [-0.39, 0.29) is 12.5 Å². The standard InChI is InChI=1S/C17H20F2N4/c18-17(19)10-15(17)23-13(7-9-22-23)11-21-16(12-4-3-5-12)14-6-1-2-8-20-14/h1-2,6-9,12,15-16,21H,3-5,10-11H2. The Hall–Kier alpha value is -1.82. The first-order valence-corrected chi connectivity index (χ1v) is 8.20. The largest absolute Gasteiger partial charge is 0.303 e. The Kier molecular flexibility index (Phi) is 3.64. The Morgan fingerprint density at radius 1 is 1.26 bits per heavy atom. The number of pyridine rings is 1. The highest BCUT2D eigenvalue weighted by Gasteiger charge is 2.59. The molecule has 0 saturated heterocycles. The van der Waals surface area contributed by atoms with Crippen LogP contribution in [-0.2, 0) is 6.54 Å². The van der Waals surface area contributed by atoms with Gasteiger partial charge in [0.15, 0.2) is 0 Å². The molecule has 4 rings (SSSR count). The lowest BCUT2D eigenvalue weighted by Crippen LogP contribution is -2.33. The molecular weight excluding hydrogens is 298 g/mol. The maximum Gasteiger partial charge on any atom is 0.272 e. The number of rotatable bonds is 6. The van der Waals surface area contributed by atoms with Crippen molar-refractivity contribution in [3.63, 3.8) is 0 Å². The van der Waals surface area contributed by atoms with E-state index in [4.69, 9.17) is 0 Å². The van der Waals surface area contributed by atoms with Crippen molar-refractivity contribution in [2.24, 2.45) is 5.92 Å². The SMILES string of the molecule is FC1(F)CC1n1nccc1CNC(c1ccccn1)C1CCC1. The Morgan fingerprint density at radius 2 is 2.09 bits per heavy atom. The molecule has 0 spiro atoms. The summed E-state index contributed by atoms with van der Waals surface area (Å²) in [5.41, 5.74) is 1.84. The van der Waals surface area contributed by atoms with Crippen molar-refractivity contribution in [1.29, 1.82) is 0 Å². The van der Waals surface area contributed by atoms with E-state index in [1.807, 2.05) is 24.3 Å². The molecule has 23 heavy (non-hydrogen) atoms. The minimum absolute atomic E-state index is 0.103. The monoisotopic (exact) mass is 318 g/mol. The van der Waals surface area contributed by atoms with Gasteiger partial charge >= 0.3 is 0 Å². The second-order valence-corrected chi connectivity index (χ2v) is 6.55. The van der Waals surface area contributed by atoms with Crippen molar-refractivity contribution in [2.45, 2.75) is 50.2 Å². The maximum absolute atomic E-state index is 13.3. The van der Waals surface area contributed by atoms with Gasteiger partial charge in [-0.15, -0.1) is 0 Å². The molecule has 2 aromatic rings. The fraction of sp³-hybridized carbons (Fsp3) is 0.529. The molecule has 2 saturated carbocycles. The van der Waals surface area contributed by atoms with Crippen LogP contribution in [0.3, 0.4) is 0 Å². The quantitative estimate of drug-likeness (QED) is 0.886. The topological polar surface area (TPSA) is 42.7 Å². The van der Waals surface area contributed by atoms with Gasteiger partial charge in [0.2, 0.25) is 0 Å². The summed E-state index contributed by atoms with van der Waals surface area (Å²) in [6.07, 6.45) is 6.93. The first-order chi connectivity index (χ1) is 11.1. The summed E-state index contributed by atoms with van der Waals surface area (Å²) in [7, 11) is 0. The van der Waals surface area contributed by atoms with Crippen molar-refractivity contribution in [3.05, 3.63) is 48.0 Å². The lowest BCUT2D eigenvalue weighted by atomic mass is 9.78. The Balaban J connectivity index is 1.47. The Bertz CT molecular complexity index is 666. The van der Waals surface area contributed by atoms with Crippen LogP contribution in [0.2, 0.25) is 0 Å². The van der Waals surface area contributed by atoms with E-state index in [1.54, 1.807) is 12.4 Å². The molecule has 1 N–H and O–H groups in total. The normalized spacial score (nSPS) is 24.2. The van der Waals surface area contributed by atoms with Crippen LogP contribution in [0.15, 0.2) is 36.7 Å². The van der Waals surface area contributed by atoms with Gasteiger partial charge in [-0.05, 0) is 37.0 Å². The van der Waals surface area contributed by atoms with Crippen LogP contribution in [0.25, 0.3) is 0 Å². The highest BCUT2D eigenvalue weighted by atomic mass is 19.3. The van der Waals surface area contributed by atoms with Gasteiger partial charge in [0.25, 0.3) is 5.92 Å². The van der Waals surface area contributed by atoms with Gasteiger partial charge in [0.05, 0.1) is 17.4 Å². The van der Waals surface area contributed by atoms with Gasteiger partial charge < -0.3 is 5.32 Å². The average Bonchev–Trinajstić information content (AvgIpc) is 2.93. The number of aromatic nitrogens is 3. The highest BCUT2D eigenvalue weighted by molar-refractivity contribution is 5.13. The predicted molar refractivity (Wildman–Crippen MR) is 82.0 cm³/mol. The third kappa shape index (κ3) is 2.87. The third-order valence-electron chi connectivity index (χ3n) is 4.97. The van der Waals surface area contributed by atoms with E-state index in [1.165, 1.54) is 23.9 Å². The Morgan fingerprint density at radius 3 is 2.70 bits per heavy atom. The molecule has 2 heterocycles. The number of hydrogen-bond donors (Lipinski definition) is 1. The van der Waals surface area contributed by atoms with E-state index in [2.05, 4.69) is 15.4 Å². The van der Waals surface area contributed by atoms with Crippen LogP contribution in [0.5, 0.6) is 0 Å². The van der Waals surface area contributed by atoms with Gasteiger partial charge in [-0.1, -0.05) is 12.5 Å². The van der Waals surface area contributed by atoms with E-state index in [0.717, 1.165) is 11.4 Å². The summed E-state index contributed by atoms with van der Waals surface area (Å²) in [5.74, 6) is -2.03. The number of halogens is 2. The minimum atomic E-state index is -2.60. The van der Waals surface area contributed by atoms with Crippen molar-refractivity contribution in [2.75, 3.05) is 0 Å². The molecular formula is C17H20F2N4. The summed E-state index contributed by atoms with van der Waals surface area (Å²) in [6.45, 7) is 0.532. The van der Waals surface area contributed by atoms with E-state index < -0.39 is 12.0 Å². The first-order valence-electron chi connectivity index (χ1n) is 8.20. The van der Waals surface area contributed by atoms with E-state index >= 15 is 0 Å². The van der Waals surface area contributed by atoms with Gasteiger partial charge in [-0.25, -0.2) is 8.78 Å². The summed E-state index contributed by atoms with van der Waals surface area (Å²) in [6, 6.07) is 7.15. The molecule has 6 heteroatoms. The molecule has 4 nitrogen and oxygen atoms in total. The van der Waals surface area contributed by atoms with Crippen LogP contribution in [-0.4, -0.2) is 20.7 Å². The lowest BCUT2D eigenvalue weighted by molar-refractivity contribution is 0.0975. The van der Waals surface area contributed by atoms with E-state index in [9.17, 15) is 8.78 Å². The smallest absolute Gasteiger partial charge is 0.272 e. The molecule has 2 fully saturated rings. The van der Waals surface area contributed by atoms with Crippen LogP contribution in [0, 0.1) is 5.92 Å². The van der Waals surface area contributed by atoms with E-state index in [0.29, 0.717) is 12.5 Å². The summed E-state index contributed by atoms with van der Waals surface area (Å²) in [4.78, 5) is 4.47. The summed E-state index contributed by atoms with van der Waals surface area (Å²) in [5, 5.41) is 7.61. The lowest BCUT2D eigenvalue weighted by Gasteiger charge is -2.34. The Labute approximate surface area is 133 Å². The van der Waals surface area contributed by atoms with Crippen LogP contribution < -0.4 is 5.32 Å². The predicted octanol–water partition coefficient (Wildman–Crippen LogP) is 3.49. The molecule has 0 bridgehead atoms. The molecule has 2 atom stereocenters. The van der Waals surface area contributed by atoms with Crippen molar-refractivity contribution in [1.82, 2.24) is 20.1 Å². The molecule has 2 aliphatic rings. The van der Waals surface area contributed by atoms with Crippen molar-refractivity contribution >= 4 is 0 Å². The summed E-state index contributed by atoms with van der Waals surface area (Å²) < 4.78 is 28.1. The maximum atomic E-state index is 13.3. The van der Waals surface area contributed by atoms with Crippen molar-refractivity contribution < 1.29 is 8.78 Å². The van der Waals surface area contributed by atoms with Crippen LogP contribution in [0.1, 0.15) is 49.2 Å². The molecule has 0 aromatic carbocycles. The number of nitrogens with zero attached hydrogens (tertiary/aromatic N) is 3. The molecule has 0 aliphatic heterocycles. The fourth-order valence-corrected chi connectivity index (χ4v) is 3.29. The van der Waals surface area contributed by atoms with Gasteiger partial charge in [0.1, 0.15) is 6.04 Å².